The summed E-state index contributed by atoms with van der Waals surface area (Å²) in [6.07, 6.45) is 6.78. The van der Waals surface area contributed by atoms with E-state index >= 15 is 0 Å². The molecule has 0 bridgehead atoms. The second kappa shape index (κ2) is 9.62. The van der Waals surface area contributed by atoms with Crippen molar-refractivity contribution in [2.45, 2.75) is 50.6 Å². The van der Waals surface area contributed by atoms with Crippen LogP contribution in [0.3, 0.4) is 0 Å². The van der Waals surface area contributed by atoms with Gasteiger partial charge in [0.25, 0.3) is 0 Å². The number of piperidine rings is 1. The minimum atomic E-state index is 0.303. The molecular formula is C27H35ClN2O2. The predicted molar refractivity (Wildman–Crippen MR) is 130 cm³/mol. The van der Waals surface area contributed by atoms with E-state index in [1.807, 2.05) is 12.1 Å². The first kappa shape index (κ1) is 22.1. The second-order valence-corrected chi connectivity index (χ2v) is 10.3. The Labute approximate surface area is 197 Å². The van der Waals surface area contributed by atoms with Crippen LogP contribution in [-0.2, 0) is 6.54 Å². The number of benzene rings is 2. The van der Waals surface area contributed by atoms with Crippen molar-refractivity contribution in [3.05, 3.63) is 58.1 Å². The molecule has 0 amide bonds. The third kappa shape index (κ3) is 4.64. The highest BCUT2D eigenvalue weighted by molar-refractivity contribution is 6.32. The number of fused-ring (bicyclic) bond motifs is 1. The standard InChI is InChI=1S/C27H35ClN2O2/c1-29-16-21-14-23(32-18-19-10-12-30(13-11-19)22-4-3-5-22)7-8-24(21)25(17-29)20-6-9-27(31-2)26(28)15-20/h6-9,14-15,19,22,25H,3-5,10-13,16-18H2,1-2H3. The second-order valence-electron chi connectivity index (χ2n) is 9.88. The van der Waals surface area contributed by atoms with Gasteiger partial charge >= 0.3 is 0 Å². The van der Waals surface area contributed by atoms with Crippen LogP contribution in [0.1, 0.15) is 54.7 Å². The van der Waals surface area contributed by atoms with E-state index in [1.165, 1.54) is 61.9 Å². The van der Waals surface area contributed by atoms with E-state index in [2.05, 4.69) is 41.1 Å². The molecule has 1 saturated carbocycles. The molecule has 2 fully saturated rings. The smallest absolute Gasteiger partial charge is 0.137 e. The first-order chi connectivity index (χ1) is 15.6. The van der Waals surface area contributed by atoms with Crippen molar-refractivity contribution in [3.63, 3.8) is 0 Å². The number of likely N-dealkylation sites (tertiary alicyclic amines) is 1. The third-order valence-corrected chi connectivity index (χ3v) is 8.02. The van der Waals surface area contributed by atoms with Crippen LogP contribution in [0.2, 0.25) is 5.02 Å². The van der Waals surface area contributed by atoms with E-state index in [1.54, 1.807) is 7.11 Å². The van der Waals surface area contributed by atoms with Gasteiger partial charge in [0.15, 0.2) is 0 Å². The molecule has 1 saturated heterocycles. The Balaban J connectivity index is 1.24. The SMILES string of the molecule is COc1ccc(C2CN(C)Cc3cc(OCC4CCN(C5CCC5)CC4)ccc32)cc1Cl. The number of methoxy groups -OCH3 is 1. The summed E-state index contributed by atoms with van der Waals surface area (Å²) in [6, 6.07) is 13.7. The van der Waals surface area contributed by atoms with E-state index < -0.39 is 0 Å². The summed E-state index contributed by atoms with van der Waals surface area (Å²) in [6.45, 7) is 5.27. The Morgan fingerprint density at radius 2 is 1.84 bits per heavy atom. The van der Waals surface area contributed by atoms with Gasteiger partial charge in [-0.25, -0.2) is 0 Å². The molecule has 3 aliphatic rings. The molecule has 4 nitrogen and oxygen atoms in total. The van der Waals surface area contributed by atoms with Crippen molar-refractivity contribution in [3.8, 4) is 11.5 Å². The maximum absolute atomic E-state index is 6.43. The molecule has 2 aromatic rings. The normalized spacial score (nSPS) is 22.9. The molecule has 1 atom stereocenters. The highest BCUT2D eigenvalue weighted by Gasteiger charge is 2.29. The fourth-order valence-electron chi connectivity index (χ4n) is 5.55. The van der Waals surface area contributed by atoms with Crippen LogP contribution in [0.15, 0.2) is 36.4 Å². The highest BCUT2D eigenvalue weighted by atomic mass is 35.5. The van der Waals surface area contributed by atoms with Gasteiger partial charge in [0.1, 0.15) is 11.5 Å². The minimum Gasteiger partial charge on any atom is -0.495 e. The predicted octanol–water partition coefficient (Wildman–Crippen LogP) is 5.57. The molecule has 0 radical (unpaired) electrons. The van der Waals surface area contributed by atoms with Gasteiger partial charge < -0.3 is 19.3 Å². The van der Waals surface area contributed by atoms with E-state index in [9.17, 15) is 0 Å². The summed E-state index contributed by atoms with van der Waals surface area (Å²) < 4.78 is 11.6. The molecule has 1 unspecified atom stereocenters. The largest absolute Gasteiger partial charge is 0.495 e. The molecular weight excluding hydrogens is 420 g/mol. The van der Waals surface area contributed by atoms with Crippen LogP contribution in [0.5, 0.6) is 11.5 Å². The number of hydrogen-bond donors (Lipinski definition) is 0. The third-order valence-electron chi connectivity index (χ3n) is 7.73. The highest BCUT2D eigenvalue weighted by Crippen LogP contribution is 2.38. The lowest BCUT2D eigenvalue weighted by molar-refractivity contribution is 0.0708. The van der Waals surface area contributed by atoms with Crippen molar-refractivity contribution in [2.75, 3.05) is 40.4 Å². The molecule has 5 heteroatoms. The van der Waals surface area contributed by atoms with E-state index in [0.717, 1.165) is 37.2 Å². The average molecular weight is 455 g/mol. The van der Waals surface area contributed by atoms with Gasteiger partial charge in [-0.05, 0) is 92.7 Å². The first-order valence-corrected chi connectivity index (χ1v) is 12.5. The summed E-state index contributed by atoms with van der Waals surface area (Å²) in [5, 5.41) is 0.670. The zero-order valence-corrected chi connectivity index (χ0v) is 20.1. The number of halogens is 1. The van der Waals surface area contributed by atoms with Crippen LogP contribution < -0.4 is 9.47 Å². The molecule has 0 aromatic heterocycles. The molecule has 5 rings (SSSR count). The Morgan fingerprint density at radius 3 is 2.53 bits per heavy atom. The van der Waals surface area contributed by atoms with Gasteiger partial charge in [-0.1, -0.05) is 30.2 Å². The summed E-state index contributed by atoms with van der Waals surface area (Å²) in [5.74, 6) is 2.71. The fraction of sp³-hybridized carbons (Fsp3) is 0.556. The van der Waals surface area contributed by atoms with Gasteiger partial charge in [-0.15, -0.1) is 0 Å². The van der Waals surface area contributed by atoms with Gasteiger partial charge in [-0.3, -0.25) is 0 Å². The maximum atomic E-state index is 6.43. The minimum absolute atomic E-state index is 0.303. The summed E-state index contributed by atoms with van der Waals surface area (Å²) in [4.78, 5) is 5.09. The molecule has 32 heavy (non-hydrogen) atoms. The summed E-state index contributed by atoms with van der Waals surface area (Å²) in [7, 11) is 3.84. The van der Waals surface area contributed by atoms with Gasteiger partial charge in [0.05, 0.1) is 18.7 Å². The monoisotopic (exact) mass is 454 g/mol. The number of hydrogen-bond acceptors (Lipinski definition) is 4. The van der Waals surface area contributed by atoms with Crippen molar-refractivity contribution >= 4 is 11.6 Å². The van der Waals surface area contributed by atoms with E-state index in [4.69, 9.17) is 21.1 Å². The maximum Gasteiger partial charge on any atom is 0.137 e. The van der Waals surface area contributed by atoms with Crippen LogP contribution >= 0.6 is 11.6 Å². The number of nitrogens with zero attached hydrogens (tertiary/aromatic N) is 2. The molecule has 1 aliphatic carbocycles. The lowest BCUT2D eigenvalue weighted by Crippen LogP contribution is -2.45. The zero-order valence-electron chi connectivity index (χ0n) is 19.4. The molecule has 2 aromatic carbocycles. The Hall–Kier alpha value is -1.75. The van der Waals surface area contributed by atoms with Gasteiger partial charge in [0.2, 0.25) is 0 Å². The topological polar surface area (TPSA) is 24.9 Å². The fourth-order valence-corrected chi connectivity index (χ4v) is 5.82. The Bertz CT molecular complexity index is 937. The average Bonchev–Trinajstić information content (AvgIpc) is 2.76. The summed E-state index contributed by atoms with van der Waals surface area (Å²) in [5.41, 5.74) is 3.97. The molecule has 0 N–H and O–H groups in total. The van der Waals surface area contributed by atoms with Crippen LogP contribution in [0.4, 0.5) is 0 Å². The van der Waals surface area contributed by atoms with Gasteiger partial charge in [-0.2, -0.15) is 0 Å². The molecule has 2 heterocycles. The zero-order chi connectivity index (χ0) is 22.1. The van der Waals surface area contributed by atoms with Crippen molar-refractivity contribution in [2.24, 2.45) is 5.92 Å². The lowest BCUT2D eigenvalue weighted by atomic mass is 9.84. The number of ether oxygens (including phenoxy) is 2. The lowest BCUT2D eigenvalue weighted by Gasteiger charge is -2.41. The van der Waals surface area contributed by atoms with Gasteiger partial charge in [0, 0.05) is 25.0 Å². The Morgan fingerprint density at radius 1 is 1.03 bits per heavy atom. The molecule has 0 spiro atoms. The summed E-state index contributed by atoms with van der Waals surface area (Å²) >= 11 is 6.43. The van der Waals surface area contributed by atoms with E-state index in [-0.39, 0.29) is 0 Å². The van der Waals surface area contributed by atoms with E-state index in [0.29, 0.717) is 16.9 Å². The Kier molecular flexibility index (Phi) is 6.64. The number of rotatable bonds is 6. The molecule has 2 aliphatic heterocycles. The van der Waals surface area contributed by atoms with Crippen LogP contribution in [0, 0.1) is 5.92 Å². The van der Waals surface area contributed by atoms with Crippen molar-refractivity contribution < 1.29 is 9.47 Å². The first-order valence-electron chi connectivity index (χ1n) is 12.1. The molecule has 172 valence electrons. The van der Waals surface area contributed by atoms with Crippen LogP contribution in [0.25, 0.3) is 0 Å². The van der Waals surface area contributed by atoms with Crippen molar-refractivity contribution in [1.29, 1.82) is 0 Å². The quantitative estimate of drug-likeness (QED) is 0.569. The number of likely N-dealkylation sites (N-methyl/N-ethyl adjacent to an activating group) is 1. The van der Waals surface area contributed by atoms with Crippen molar-refractivity contribution in [1.82, 2.24) is 9.80 Å². The van der Waals surface area contributed by atoms with Crippen LogP contribution in [-0.4, -0.2) is 56.2 Å².